The van der Waals surface area contributed by atoms with E-state index in [-0.39, 0.29) is 0 Å². The van der Waals surface area contributed by atoms with Gasteiger partial charge < -0.3 is 4.90 Å². The van der Waals surface area contributed by atoms with Crippen molar-refractivity contribution < 1.29 is 4.79 Å². The summed E-state index contributed by atoms with van der Waals surface area (Å²) < 4.78 is 1.11. The number of carbonyl (C=O) groups is 1. The SMILES string of the molecule is Cc1cc(Br)ccc1N1CCC(=O)CC1. The molecule has 0 aromatic heterocycles. The van der Waals surface area contributed by atoms with Gasteiger partial charge in [0.25, 0.3) is 0 Å². The van der Waals surface area contributed by atoms with Gasteiger partial charge in [0.2, 0.25) is 0 Å². The van der Waals surface area contributed by atoms with Crippen molar-refractivity contribution in [2.45, 2.75) is 19.8 Å². The zero-order valence-electron chi connectivity index (χ0n) is 8.79. The fourth-order valence-electron chi connectivity index (χ4n) is 1.97. The van der Waals surface area contributed by atoms with E-state index in [1.807, 2.05) is 0 Å². The monoisotopic (exact) mass is 267 g/mol. The van der Waals surface area contributed by atoms with Gasteiger partial charge in [-0.05, 0) is 30.7 Å². The number of hydrogen-bond donors (Lipinski definition) is 0. The fourth-order valence-corrected chi connectivity index (χ4v) is 2.45. The van der Waals surface area contributed by atoms with Gasteiger partial charge in [0.15, 0.2) is 0 Å². The van der Waals surface area contributed by atoms with E-state index in [0.29, 0.717) is 18.6 Å². The van der Waals surface area contributed by atoms with Crippen molar-refractivity contribution in [3.63, 3.8) is 0 Å². The molecule has 3 heteroatoms. The molecule has 1 saturated heterocycles. The smallest absolute Gasteiger partial charge is 0.136 e. The zero-order valence-corrected chi connectivity index (χ0v) is 10.4. The summed E-state index contributed by atoms with van der Waals surface area (Å²) in [5.41, 5.74) is 2.52. The first-order valence-corrected chi connectivity index (χ1v) is 5.99. The van der Waals surface area contributed by atoms with Crippen molar-refractivity contribution in [2.24, 2.45) is 0 Å². The number of halogens is 1. The van der Waals surface area contributed by atoms with Crippen LogP contribution in [-0.2, 0) is 4.79 Å². The minimum absolute atomic E-state index is 0.390. The predicted octanol–water partition coefficient (Wildman–Crippen LogP) is 2.93. The van der Waals surface area contributed by atoms with Gasteiger partial charge in [-0.15, -0.1) is 0 Å². The molecule has 1 aromatic rings. The lowest BCUT2D eigenvalue weighted by molar-refractivity contribution is -0.119. The Morgan fingerprint density at radius 3 is 2.53 bits per heavy atom. The maximum absolute atomic E-state index is 11.1. The number of aryl methyl sites for hydroxylation is 1. The van der Waals surface area contributed by atoms with Gasteiger partial charge >= 0.3 is 0 Å². The van der Waals surface area contributed by atoms with Crippen LogP contribution in [0.25, 0.3) is 0 Å². The molecule has 15 heavy (non-hydrogen) atoms. The first-order chi connectivity index (χ1) is 7.16. The summed E-state index contributed by atoms with van der Waals surface area (Å²) in [5, 5.41) is 0. The third-order valence-corrected chi connectivity index (χ3v) is 3.31. The normalized spacial score (nSPS) is 16.9. The molecule has 0 radical (unpaired) electrons. The van der Waals surface area contributed by atoms with Crippen LogP contribution < -0.4 is 4.90 Å². The van der Waals surface area contributed by atoms with Crippen LogP contribution in [0.4, 0.5) is 5.69 Å². The topological polar surface area (TPSA) is 20.3 Å². The maximum Gasteiger partial charge on any atom is 0.136 e. The molecule has 80 valence electrons. The Hall–Kier alpha value is -0.830. The van der Waals surface area contributed by atoms with Gasteiger partial charge in [-0.1, -0.05) is 15.9 Å². The molecule has 1 aromatic carbocycles. The Bertz CT molecular complexity index is 379. The number of rotatable bonds is 1. The lowest BCUT2D eigenvalue weighted by atomic mass is 10.1. The van der Waals surface area contributed by atoms with Crippen LogP contribution in [0.3, 0.4) is 0 Å². The summed E-state index contributed by atoms with van der Waals surface area (Å²) in [6.45, 7) is 3.83. The summed E-state index contributed by atoms with van der Waals surface area (Å²) in [4.78, 5) is 13.4. The molecule has 0 amide bonds. The Balaban J connectivity index is 2.19. The van der Waals surface area contributed by atoms with Crippen LogP contribution in [0.1, 0.15) is 18.4 Å². The first kappa shape index (κ1) is 10.7. The number of hydrogen-bond acceptors (Lipinski definition) is 2. The second kappa shape index (κ2) is 4.35. The molecule has 1 fully saturated rings. The number of piperidine rings is 1. The second-order valence-corrected chi connectivity index (χ2v) is 4.87. The summed E-state index contributed by atoms with van der Waals surface area (Å²) in [6.07, 6.45) is 1.38. The van der Waals surface area contributed by atoms with E-state index in [4.69, 9.17) is 0 Å². The van der Waals surface area contributed by atoms with Crippen molar-refractivity contribution in [2.75, 3.05) is 18.0 Å². The Morgan fingerprint density at radius 2 is 1.93 bits per heavy atom. The number of carbonyl (C=O) groups excluding carboxylic acids is 1. The number of Topliss-reactive ketones (excluding diaryl/α,β-unsaturated/α-hetero) is 1. The molecule has 0 saturated carbocycles. The summed E-state index contributed by atoms with van der Waals surface area (Å²) in [5.74, 6) is 0.390. The minimum Gasteiger partial charge on any atom is -0.370 e. The minimum atomic E-state index is 0.390. The van der Waals surface area contributed by atoms with Gasteiger partial charge in [-0.2, -0.15) is 0 Å². The molecule has 0 N–H and O–H groups in total. The number of anilines is 1. The molecular formula is C12H14BrNO. The molecule has 0 bridgehead atoms. The summed E-state index contributed by atoms with van der Waals surface area (Å²) in [7, 11) is 0. The largest absolute Gasteiger partial charge is 0.370 e. The maximum atomic E-state index is 11.1. The standard InChI is InChI=1S/C12H14BrNO/c1-9-8-10(13)2-3-12(9)14-6-4-11(15)5-7-14/h2-3,8H,4-7H2,1H3. The predicted molar refractivity (Wildman–Crippen MR) is 65.3 cm³/mol. The molecule has 1 aliphatic heterocycles. The van der Waals surface area contributed by atoms with Crippen LogP contribution >= 0.6 is 15.9 Å². The van der Waals surface area contributed by atoms with Crippen LogP contribution in [0.5, 0.6) is 0 Å². The van der Waals surface area contributed by atoms with Crippen LogP contribution in [0.15, 0.2) is 22.7 Å². The molecule has 2 rings (SSSR count). The van der Waals surface area contributed by atoms with Gasteiger partial charge in [-0.3, -0.25) is 4.79 Å². The van der Waals surface area contributed by atoms with E-state index in [9.17, 15) is 4.79 Å². The summed E-state index contributed by atoms with van der Waals surface area (Å²) >= 11 is 3.46. The van der Waals surface area contributed by atoms with Crippen LogP contribution in [0.2, 0.25) is 0 Å². The van der Waals surface area contributed by atoms with Crippen LogP contribution in [-0.4, -0.2) is 18.9 Å². The average molecular weight is 268 g/mol. The average Bonchev–Trinajstić information content (AvgIpc) is 2.20. The van der Waals surface area contributed by atoms with Crippen LogP contribution in [0, 0.1) is 6.92 Å². The highest BCUT2D eigenvalue weighted by atomic mass is 79.9. The molecule has 0 unspecified atom stereocenters. The molecule has 0 aliphatic carbocycles. The highest BCUT2D eigenvalue weighted by molar-refractivity contribution is 9.10. The molecule has 1 heterocycles. The lowest BCUT2D eigenvalue weighted by Crippen LogP contribution is -2.34. The summed E-state index contributed by atoms with van der Waals surface area (Å²) in [6, 6.07) is 6.29. The van der Waals surface area contributed by atoms with E-state index in [0.717, 1.165) is 17.6 Å². The number of benzene rings is 1. The highest BCUT2D eigenvalue weighted by Gasteiger charge is 2.17. The third-order valence-electron chi connectivity index (χ3n) is 2.82. The molecule has 2 nitrogen and oxygen atoms in total. The Labute approximate surface area is 98.4 Å². The number of nitrogens with zero attached hydrogens (tertiary/aromatic N) is 1. The van der Waals surface area contributed by atoms with Crippen molar-refractivity contribution in [3.8, 4) is 0 Å². The molecule has 0 atom stereocenters. The Kier molecular flexibility index (Phi) is 3.10. The first-order valence-electron chi connectivity index (χ1n) is 5.19. The van der Waals surface area contributed by atoms with Crippen molar-refractivity contribution in [3.05, 3.63) is 28.2 Å². The molecular weight excluding hydrogens is 254 g/mol. The molecule has 0 spiro atoms. The zero-order chi connectivity index (χ0) is 10.8. The van der Waals surface area contributed by atoms with Gasteiger partial charge in [0.1, 0.15) is 5.78 Å². The number of ketones is 1. The van der Waals surface area contributed by atoms with E-state index >= 15 is 0 Å². The van der Waals surface area contributed by atoms with Gasteiger partial charge in [0, 0.05) is 36.1 Å². The highest BCUT2D eigenvalue weighted by Crippen LogP contribution is 2.25. The van der Waals surface area contributed by atoms with Gasteiger partial charge in [-0.25, -0.2) is 0 Å². The van der Waals surface area contributed by atoms with E-state index in [2.05, 4.69) is 46.0 Å². The fraction of sp³-hybridized carbons (Fsp3) is 0.417. The quantitative estimate of drug-likeness (QED) is 0.780. The lowest BCUT2D eigenvalue weighted by Gasteiger charge is -2.29. The second-order valence-electron chi connectivity index (χ2n) is 3.96. The van der Waals surface area contributed by atoms with E-state index < -0.39 is 0 Å². The Morgan fingerprint density at radius 1 is 1.27 bits per heavy atom. The van der Waals surface area contributed by atoms with Crippen molar-refractivity contribution in [1.82, 2.24) is 0 Å². The third kappa shape index (κ3) is 2.40. The van der Waals surface area contributed by atoms with E-state index in [1.165, 1.54) is 11.3 Å². The van der Waals surface area contributed by atoms with Crippen molar-refractivity contribution >= 4 is 27.4 Å². The van der Waals surface area contributed by atoms with Crippen molar-refractivity contribution in [1.29, 1.82) is 0 Å². The van der Waals surface area contributed by atoms with E-state index in [1.54, 1.807) is 0 Å². The van der Waals surface area contributed by atoms with Gasteiger partial charge in [0.05, 0.1) is 0 Å². The molecule has 1 aliphatic rings.